The molecule has 0 aliphatic heterocycles. The second-order valence-corrected chi connectivity index (χ2v) is 8.71. The van der Waals surface area contributed by atoms with E-state index in [0.29, 0.717) is 5.02 Å². The van der Waals surface area contributed by atoms with Crippen molar-refractivity contribution in [3.8, 4) is 11.3 Å². The van der Waals surface area contributed by atoms with Crippen molar-refractivity contribution in [2.75, 3.05) is 17.6 Å². The first kappa shape index (κ1) is 21.1. The van der Waals surface area contributed by atoms with Crippen molar-refractivity contribution in [2.24, 2.45) is 0 Å². The average Bonchev–Trinajstić information content (AvgIpc) is 3.06. The number of thioether (sulfide) groups is 1. The number of rotatable bonds is 11. The number of unbranched alkanes of at least 4 members (excludes halogenated alkanes) is 4. The van der Waals surface area contributed by atoms with E-state index in [1.807, 2.05) is 30.1 Å². The SMILES string of the molecule is CCCCCCSc1cccc(-c2nc3ccc(Cl)cn3c2NCCCC)c1. The van der Waals surface area contributed by atoms with Gasteiger partial charge >= 0.3 is 0 Å². The van der Waals surface area contributed by atoms with Crippen molar-refractivity contribution in [2.45, 2.75) is 57.3 Å². The molecule has 1 aromatic carbocycles. The number of benzene rings is 1. The molecular weight excluding hydrogens is 386 g/mol. The van der Waals surface area contributed by atoms with Crippen LogP contribution in [-0.2, 0) is 0 Å². The summed E-state index contributed by atoms with van der Waals surface area (Å²) in [5, 5.41) is 4.30. The first-order valence-corrected chi connectivity index (χ1v) is 11.7. The van der Waals surface area contributed by atoms with Crippen molar-refractivity contribution in [1.29, 1.82) is 0 Å². The molecule has 0 atom stereocenters. The Kier molecular flexibility index (Phi) is 8.11. The second kappa shape index (κ2) is 10.8. The van der Waals surface area contributed by atoms with Gasteiger partial charge < -0.3 is 5.32 Å². The highest BCUT2D eigenvalue weighted by atomic mass is 35.5. The summed E-state index contributed by atoms with van der Waals surface area (Å²) in [6.07, 6.45) is 9.43. The summed E-state index contributed by atoms with van der Waals surface area (Å²) < 4.78 is 2.07. The summed E-state index contributed by atoms with van der Waals surface area (Å²) in [7, 11) is 0. The molecule has 0 fully saturated rings. The van der Waals surface area contributed by atoms with Crippen LogP contribution in [0.1, 0.15) is 52.4 Å². The van der Waals surface area contributed by atoms with Crippen LogP contribution in [0, 0.1) is 0 Å². The number of hydrogen-bond donors (Lipinski definition) is 1. The van der Waals surface area contributed by atoms with E-state index in [-0.39, 0.29) is 0 Å². The summed E-state index contributed by atoms with van der Waals surface area (Å²) >= 11 is 8.19. The van der Waals surface area contributed by atoms with Crippen molar-refractivity contribution in [1.82, 2.24) is 9.38 Å². The highest BCUT2D eigenvalue weighted by Crippen LogP contribution is 2.32. The molecule has 1 N–H and O–H groups in total. The fourth-order valence-electron chi connectivity index (χ4n) is 3.22. The lowest BCUT2D eigenvalue weighted by Gasteiger charge is -2.09. The van der Waals surface area contributed by atoms with Gasteiger partial charge in [-0.25, -0.2) is 4.98 Å². The molecule has 0 aliphatic carbocycles. The maximum atomic E-state index is 6.25. The molecule has 3 nitrogen and oxygen atoms in total. The molecule has 0 bridgehead atoms. The van der Waals surface area contributed by atoms with E-state index >= 15 is 0 Å². The van der Waals surface area contributed by atoms with E-state index in [2.05, 4.69) is 47.8 Å². The van der Waals surface area contributed by atoms with Gasteiger partial charge in [0.2, 0.25) is 0 Å². The van der Waals surface area contributed by atoms with E-state index in [9.17, 15) is 0 Å². The zero-order chi connectivity index (χ0) is 19.8. The molecule has 3 rings (SSSR count). The molecule has 0 saturated heterocycles. The molecule has 0 spiro atoms. The molecule has 0 saturated carbocycles. The first-order valence-electron chi connectivity index (χ1n) is 10.4. The van der Waals surface area contributed by atoms with Crippen LogP contribution in [0.15, 0.2) is 47.5 Å². The third-order valence-corrected chi connectivity index (χ3v) is 6.08. The van der Waals surface area contributed by atoms with Gasteiger partial charge in [0.25, 0.3) is 0 Å². The van der Waals surface area contributed by atoms with Gasteiger partial charge in [-0.3, -0.25) is 4.40 Å². The number of fused-ring (bicyclic) bond motifs is 1. The third-order valence-electron chi connectivity index (χ3n) is 4.78. The summed E-state index contributed by atoms with van der Waals surface area (Å²) in [6, 6.07) is 12.6. The number of nitrogens with one attached hydrogen (secondary N) is 1. The van der Waals surface area contributed by atoms with Crippen LogP contribution >= 0.6 is 23.4 Å². The van der Waals surface area contributed by atoms with E-state index in [1.54, 1.807) is 0 Å². The maximum Gasteiger partial charge on any atom is 0.139 e. The predicted molar refractivity (Wildman–Crippen MR) is 124 cm³/mol. The van der Waals surface area contributed by atoms with Crippen molar-refractivity contribution >= 4 is 34.8 Å². The van der Waals surface area contributed by atoms with Gasteiger partial charge in [-0.1, -0.05) is 63.3 Å². The van der Waals surface area contributed by atoms with Crippen LogP contribution in [0.25, 0.3) is 16.9 Å². The Morgan fingerprint density at radius 2 is 1.89 bits per heavy atom. The lowest BCUT2D eigenvalue weighted by molar-refractivity contribution is 0.706. The Morgan fingerprint density at radius 3 is 2.71 bits per heavy atom. The predicted octanol–water partition coefficient (Wildman–Crippen LogP) is 7.54. The minimum absolute atomic E-state index is 0.714. The quantitative estimate of drug-likeness (QED) is 0.259. The normalized spacial score (nSPS) is 11.2. The summed E-state index contributed by atoms with van der Waals surface area (Å²) in [5.74, 6) is 2.20. The molecule has 0 radical (unpaired) electrons. The minimum Gasteiger partial charge on any atom is -0.369 e. The van der Waals surface area contributed by atoms with E-state index in [4.69, 9.17) is 16.6 Å². The van der Waals surface area contributed by atoms with Crippen LogP contribution in [0.5, 0.6) is 0 Å². The first-order chi connectivity index (χ1) is 13.7. The van der Waals surface area contributed by atoms with Gasteiger partial charge in [-0.15, -0.1) is 11.8 Å². The molecule has 2 heterocycles. The lowest BCUT2D eigenvalue weighted by Crippen LogP contribution is -2.04. The molecule has 2 aromatic heterocycles. The molecular formula is C23H30ClN3S. The highest BCUT2D eigenvalue weighted by Gasteiger charge is 2.14. The Balaban J connectivity index is 1.85. The van der Waals surface area contributed by atoms with Gasteiger partial charge in [0, 0.05) is 23.2 Å². The van der Waals surface area contributed by atoms with Crippen molar-refractivity contribution in [3.05, 3.63) is 47.6 Å². The Morgan fingerprint density at radius 1 is 1.04 bits per heavy atom. The second-order valence-electron chi connectivity index (χ2n) is 7.10. The monoisotopic (exact) mass is 415 g/mol. The van der Waals surface area contributed by atoms with Gasteiger partial charge in [-0.05, 0) is 42.9 Å². The smallest absolute Gasteiger partial charge is 0.139 e. The van der Waals surface area contributed by atoms with Crippen LogP contribution in [0.2, 0.25) is 5.02 Å². The average molecular weight is 416 g/mol. The molecule has 0 amide bonds. The fourth-order valence-corrected chi connectivity index (χ4v) is 4.35. The molecule has 28 heavy (non-hydrogen) atoms. The van der Waals surface area contributed by atoms with Crippen LogP contribution in [-0.4, -0.2) is 21.7 Å². The van der Waals surface area contributed by atoms with Gasteiger partial charge in [0.05, 0.1) is 5.02 Å². The number of nitrogens with zero attached hydrogens (tertiary/aromatic N) is 2. The van der Waals surface area contributed by atoms with Gasteiger partial charge in [0.1, 0.15) is 17.2 Å². The van der Waals surface area contributed by atoms with E-state index < -0.39 is 0 Å². The summed E-state index contributed by atoms with van der Waals surface area (Å²) in [5.41, 5.74) is 3.06. The molecule has 150 valence electrons. The minimum atomic E-state index is 0.714. The number of imidazole rings is 1. The molecule has 3 aromatic rings. The zero-order valence-electron chi connectivity index (χ0n) is 16.9. The van der Waals surface area contributed by atoms with Gasteiger partial charge in [-0.2, -0.15) is 0 Å². The Bertz CT molecular complexity index is 891. The third kappa shape index (κ3) is 5.45. The van der Waals surface area contributed by atoms with E-state index in [0.717, 1.165) is 42.1 Å². The topological polar surface area (TPSA) is 29.3 Å². The van der Waals surface area contributed by atoms with Crippen LogP contribution in [0.3, 0.4) is 0 Å². The Labute approximate surface area is 177 Å². The number of anilines is 1. The summed E-state index contributed by atoms with van der Waals surface area (Å²) in [4.78, 5) is 6.21. The van der Waals surface area contributed by atoms with E-state index in [1.165, 1.54) is 36.3 Å². The molecule has 0 unspecified atom stereocenters. The fraction of sp³-hybridized carbons (Fsp3) is 0.435. The van der Waals surface area contributed by atoms with Crippen LogP contribution < -0.4 is 5.32 Å². The van der Waals surface area contributed by atoms with Crippen molar-refractivity contribution in [3.63, 3.8) is 0 Å². The van der Waals surface area contributed by atoms with Crippen LogP contribution in [0.4, 0.5) is 5.82 Å². The number of aromatic nitrogens is 2. The van der Waals surface area contributed by atoms with Gasteiger partial charge in [0.15, 0.2) is 0 Å². The zero-order valence-corrected chi connectivity index (χ0v) is 18.5. The molecule has 5 heteroatoms. The van der Waals surface area contributed by atoms with Crippen molar-refractivity contribution < 1.29 is 0 Å². The lowest BCUT2D eigenvalue weighted by atomic mass is 10.1. The number of pyridine rings is 1. The standard InChI is InChI=1S/C23H30ClN3S/c1-3-5-7-8-15-28-20-11-9-10-18(16-20)22-23(25-14-6-4-2)27-17-19(24)12-13-21(27)26-22/h9-13,16-17,25H,3-8,14-15H2,1-2H3. The largest absolute Gasteiger partial charge is 0.369 e. The Hall–Kier alpha value is -1.65. The highest BCUT2D eigenvalue weighted by molar-refractivity contribution is 7.99. The number of halogens is 1. The summed E-state index contributed by atoms with van der Waals surface area (Å²) in [6.45, 7) is 5.38. The maximum absolute atomic E-state index is 6.25. The number of hydrogen-bond acceptors (Lipinski definition) is 3. The molecule has 0 aliphatic rings.